The SMILES string of the molecule is Nc1cc(F)c(NCCc2ccc(O)cc2)c(F)c1. The first-order valence-corrected chi connectivity index (χ1v) is 5.82. The molecule has 0 saturated heterocycles. The first-order chi connectivity index (χ1) is 9.06. The molecule has 0 amide bonds. The molecule has 0 saturated carbocycles. The van der Waals surface area contributed by atoms with Crippen molar-refractivity contribution in [3.8, 4) is 5.75 Å². The third kappa shape index (κ3) is 3.34. The molecule has 100 valence electrons. The standard InChI is InChI=1S/C14H14F2N2O/c15-12-7-10(17)8-13(16)14(12)18-6-5-9-1-3-11(19)4-2-9/h1-4,7-8,18-19H,5-6,17H2. The van der Waals surface area contributed by atoms with E-state index in [4.69, 9.17) is 10.8 Å². The molecular formula is C14H14F2N2O. The van der Waals surface area contributed by atoms with Crippen LogP contribution in [0.3, 0.4) is 0 Å². The maximum atomic E-state index is 13.5. The third-order valence-electron chi connectivity index (χ3n) is 2.72. The zero-order chi connectivity index (χ0) is 13.8. The molecule has 19 heavy (non-hydrogen) atoms. The third-order valence-corrected chi connectivity index (χ3v) is 2.72. The molecule has 0 spiro atoms. The Morgan fingerprint density at radius 1 is 1.05 bits per heavy atom. The average molecular weight is 264 g/mol. The Kier molecular flexibility index (Phi) is 3.85. The minimum absolute atomic E-state index is 0.0547. The second kappa shape index (κ2) is 5.56. The molecule has 0 aliphatic rings. The highest BCUT2D eigenvalue weighted by Crippen LogP contribution is 2.21. The molecule has 0 aromatic heterocycles. The number of nitrogen functional groups attached to an aromatic ring is 1. The summed E-state index contributed by atoms with van der Waals surface area (Å²) in [5.74, 6) is -1.22. The molecule has 0 fully saturated rings. The van der Waals surface area contributed by atoms with Gasteiger partial charge in [-0.3, -0.25) is 0 Å². The molecule has 3 nitrogen and oxygen atoms in total. The first kappa shape index (κ1) is 13.1. The number of aromatic hydroxyl groups is 1. The number of nitrogens with two attached hydrogens (primary N) is 1. The lowest BCUT2D eigenvalue weighted by Crippen LogP contribution is -2.08. The molecule has 0 aliphatic carbocycles. The largest absolute Gasteiger partial charge is 0.508 e. The second-order valence-corrected chi connectivity index (χ2v) is 4.20. The smallest absolute Gasteiger partial charge is 0.151 e. The van der Waals surface area contributed by atoms with Gasteiger partial charge in [0.05, 0.1) is 0 Å². The molecule has 0 aliphatic heterocycles. The van der Waals surface area contributed by atoms with Gasteiger partial charge >= 0.3 is 0 Å². The van der Waals surface area contributed by atoms with Gasteiger partial charge < -0.3 is 16.2 Å². The average Bonchev–Trinajstić information content (AvgIpc) is 2.34. The van der Waals surface area contributed by atoms with Gasteiger partial charge in [-0.1, -0.05) is 12.1 Å². The summed E-state index contributed by atoms with van der Waals surface area (Å²) in [6, 6.07) is 8.80. The van der Waals surface area contributed by atoms with E-state index in [2.05, 4.69) is 5.32 Å². The van der Waals surface area contributed by atoms with Gasteiger partial charge in [0.1, 0.15) is 11.4 Å². The van der Waals surface area contributed by atoms with Crippen LogP contribution in [0.1, 0.15) is 5.56 Å². The summed E-state index contributed by atoms with van der Waals surface area (Å²) in [6.07, 6.45) is 0.587. The summed E-state index contributed by atoms with van der Waals surface area (Å²) in [5.41, 5.74) is 6.17. The fourth-order valence-corrected chi connectivity index (χ4v) is 1.76. The lowest BCUT2D eigenvalue weighted by Gasteiger charge is -2.09. The number of hydrogen-bond donors (Lipinski definition) is 3. The maximum Gasteiger partial charge on any atom is 0.151 e. The molecule has 0 unspecified atom stereocenters. The number of rotatable bonds is 4. The number of phenols is 1. The van der Waals surface area contributed by atoms with E-state index >= 15 is 0 Å². The van der Waals surface area contributed by atoms with E-state index in [1.165, 1.54) is 0 Å². The van der Waals surface area contributed by atoms with Gasteiger partial charge in [0.15, 0.2) is 11.6 Å². The normalized spacial score (nSPS) is 10.4. The van der Waals surface area contributed by atoms with E-state index in [0.717, 1.165) is 17.7 Å². The minimum Gasteiger partial charge on any atom is -0.508 e. The maximum absolute atomic E-state index is 13.5. The molecule has 0 radical (unpaired) electrons. The highest BCUT2D eigenvalue weighted by atomic mass is 19.1. The van der Waals surface area contributed by atoms with Gasteiger partial charge in [-0.15, -0.1) is 0 Å². The van der Waals surface area contributed by atoms with Crippen LogP contribution in [0.25, 0.3) is 0 Å². The van der Waals surface area contributed by atoms with Crippen LogP contribution in [-0.4, -0.2) is 11.7 Å². The van der Waals surface area contributed by atoms with Crippen LogP contribution in [0.4, 0.5) is 20.2 Å². The number of nitrogens with one attached hydrogen (secondary N) is 1. The lowest BCUT2D eigenvalue weighted by atomic mass is 10.1. The number of hydrogen-bond acceptors (Lipinski definition) is 3. The van der Waals surface area contributed by atoms with Crippen LogP contribution in [0, 0.1) is 11.6 Å². The van der Waals surface area contributed by atoms with Gasteiger partial charge in [-0.05, 0) is 36.2 Å². The number of benzene rings is 2. The summed E-state index contributed by atoms with van der Waals surface area (Å²) in [5, 5.41) is 11.8. The van der Waals surface area contributed by atoms with E-state index in [-0.39, 0.29) is 17.1 Å². The van der Waals surface area contributed by atoms with Gasteiger partial charge in [0.25, 0.3) is 0 Å². The molecule has 0 heterocycles. The van der Waals surface area contributed by atoms with Crippen molar-refractivity contribution in [1.82, 2.24) is 0 Å². The van der Waals surface area contributed by atoms with Crippen molar-refractivity contribution < 1.29 is 13.9 Å². The van der Waals surface area contributed by atoms with Crippen LogP contribution in [0.5, 0.6) is 5.75 Å². The summed E-state index contributed by atoms with van der Waals surface area (Å²) in [4.78, 5) is 0. The van der Waals surface area contributed by atoms with Crippen LogP contribution in [-0.2, 0) is 6.42 Å². The van der Waals surface area contributed by atoms with E-state index in [9.17, 15) is 8.78 Å². The Labute approximate surface area is 109 Å². The minimum atomic E-state index is -0.705. The fourth-order valence-electron chi connectivity index (χ4n) is 1.76. The monoisotopic (exact) mass is 264 g/mol. The first-order valence-electron chi connectivity index (χ1n) is 5.82. The summed E-state index contributed by atoms with van der Waals surface area (Å²) in [7, 11) is 0. The van der Waals surface area contributed by atoms with E-state index in [1.807, 2.05) is 0 Å². The van der Waals surface area contributed by atoms with E-state index in [1.54, 1.807) is 24.3 Å². The van der Waals surface area contributed by atoms with Crippen molar-refractivity contribution in [2.75, 3.05) is 17.6 Å². The molecule has 0 bridgehead atoms. The van der Waals surface area contributed by atoms with E-state index in [0.29, 0.717) is 13.0 Å². The number of phenolic OH excluding ortho intramolecular Hbond substituents is 1. The van der Waals surface area contributed by atoms with Crippen LogP contribution in [0.2, 0.25) is 0 Å². The lowest BCUT2D eigenvalue weighted by molar-refractivity contribution is 0.475. The molecule has 2 aromatic carbocycles. The van der Waals surface area contributed by atoms with Gasteiger partial charge in [0, 0.05) is 12.2 Å². The zero-order valence-electron chi connectivity index (χ0n) is 10.2. The fraction of sp³-hybridized carbons (Fsp3) is 0.143. The van der Waals surface area contributed by atoms with Crippen LogP contribution >= 0.6 is 0 Å². The molecule has 2 aromatic rings. The van der Waals surface area contributed by atoms with Gasteiger partial charge in [0.2, 0.25) is 0 Å². The second-order valence-electron chi connectivity index (χ2n) is 4.20. The predicted molar refractivity (Wildman–Crippen MR) is 71.1 cm³/mol. The van der Waals surface area contributed by atoms with Crippen LogP contribution in [0.15, 0.2) is 36.4 Å². The van der Waals surface area contributed by atoms with Crippen molar-refractivity contribution in [3.63, 3.8) is 0 Å². The van der Waals surface area contributed by atoms with Crippen LogP contribution < -0.4 is 11.1 Å². The quantitative estimate of drug-likeness (QED) is 0.744. The van der Waals surface area contributed by atoms with Crippen molar-refractivity contribution in [1.29, 1.82) is 0 Å². The van der Waals surface area contributed by atoms with Crippen molar-refractivity contribution >= 4 is 11.4 Å². The predicted octanol–water partition coefficient (Wildman–Crippen LogP) is 2.91. The Bertz CT molecular complexity index is 547. The Balaban J connectivity index is 1.98. The summed E-state index contributed by atoms with van der Waals surface area (Å²) < 4.78 is 26.9. The van der Waals surface area contributed by atoms with Crippen molar-refractivity contribution in [3.05, 3.63) is 53.6 Å². The topological polar surface area (TPSA) is 58.3 Å². The molecule has 2 rings (SSSR count). The van der Waals surface area contributed by atoms with Crippen molar-refractivity contribution in [2.45, 2.75) is 6.42 Å². The highest BCUT2D eigenvalue weighted by molar-refractivity contribution is 5.54. The Morgan fingerprint density at radius 2 is 1.63 bits per heavy atom. The molecule has 4 N–H and O–H groups in total. The Morgan fingerprint density at radius 3 is 2.21 bits per heavy atom. The summed E-state index contributed by atoms with van der Waals surface area (Å²) >= 11 is 0. The molecule has 0 atom stereocenters. The van der Waals surface area contributed by atoms with Crippen molar-refractivity contribution in [2.24, 2.45) is 0 Å². The Hall–Kier alpha value is -2.30. The summed E-state index contributed by atoms with van der Waals surface area (Å²) in [6.45, 7) is 0.378. The van der Waals surface area contributed by atoms with E-state index < -0.39 is 11.6 Å². The van der Waals surface area contributed by atoms with Gasteiger partial charge in [-0.2, -0.15) is 0 Å². The number of anilines is 2. The molecule has 5 heteroatoms. The number of halogens is 2. The van der Waals surface area contributed by atoms with Gasteiger partial charge in [-0.25, -0.2) is 8.78 Å². The molecular weight excluding hydrogens is 250 g/mol. The zero-order valence-corrected chi connectivity index (χ0v) is 10.2. The highest BCUT2D eigenvalue weighted by Gasteiger charge is 2.09.